The zero-order valence-corrected chi connectivity index (χ0v) is 11.6. The van der Waals surface area contributed by atoms with Crippen LogP contribution in [-0.4, -0.2) is 24.8 Å². The number of aromatic nitrogens is 5. The molecule has 2 aromatic heterocycles. The van der Waals surface area contributed by atoms with Gasteiger partial charge in [0, 0.05) is 24.5 Å². The van der Waals surface area contributed by atoms with Gasteiger partial charge in [0.1, 0.15) is 0 Å². The Hall–Kier alpha value is -2.34. The van der Waals surface area contributed by atoms with E-state index in [-0.39, 0.29) is 0 Å². The number of anilines is 1. The Labute approximate surface area is 121 Å². The van der Waals surface area contributed by atoms with Crippen molar-refractivity contribution < 1.29 is 0 Å². The highest BCUT2D eigenvalue weighted by Gasteiger charge is 2.07. The number of nitrogens with zero attached hydrogens (tertiary/aromatic N) is 5. The predicted molar refractivity (Wildman–Crippen MR) is 76.9 cm³/mol. The standard InChI is InChI=1S/C13H13ClN6/c1-19-11(9-16-18-19)8-15-12-7-10(14)3-4-13(12)20-6-2-5-17-20/h2-7,9,15H,8H2,1H3. The van der Waals surface area contributed by atoms with E-state index in [1.165, 1.54) is 0 Å². The fourth-order valence-electron chi connectivity index (χ4n) is 1.92. The van der Waals surface area contributed by atoms with Crippen molar-refractivity contribution in [2.24, 2.45) is 7.05 Å². The molecule has 0 aliphatic heterocycles. The van der Waals surface area contributed by atoms with E-state index in [1.54, 1.807) is 21.8 Å². The minimum atomic E-state index is 0.609. The molecule has 7 heteroatoms. The van der Waals surface area contributed by atoms with Gasteiger partial charge in [-0.25, -0.2) is 4.68 Å². The molecule has 3 rings (SSSR count). The summed E-state index contributed by atoms with van der Waals surface area (Å²) in [5.41, 5.74) is 2.83. The third kappa shape index (κ3) is 2.50. The molecule has 0 saturated carbocycles. The molecule has 0 unspecified atom stereocenters. The summed E-state index contributed by atoms with van der Waals surface area (Å²) < 4.78 is 3.52. The minimum Gasteiger partial charge on any atom is -0.378 e. The van der Waals surface area contributed by atoms with Crippen LogP contribution in [0.4, 0.5) is 5.69 Å². The Kier molecular flexibility index (Phi) is 3.39. The maximum absolute atomic E-state index is 6.07. The summed E-state index contributed by atoms with van der Waals surface area (Å²) in [7, 11) is 1.86. The van der Waals surface area contributed by atoms with Gasteiger partial charge in [-0.15, -0.1) is 5.10 Å². The molecule has 0 radical (unpaired) electrons. The highest BCUT2D eigenvalue weighted by Crippen LogP contribution is 2.24. The smallest absolute Gasteiger partial charge is 0.0877 e. The van der Waals surface area contributed by atoms with Crippen molar-refractivity contribution in [2.75, 3.05) is 5.32 Å². The van der Waals surface area contributed by atoms with Gasteiger partial charge in [0.05, 0.1) is 29.8 Å². The Morgan fingerprint density at radius 2 is 2.25 bits per heavy atom. The van der Waals surface area contributed by atoms with Crippen molar-refractivity contribution in [1.29, 1.82) is 0 Å². The summed E-state index contributed by atoms with van der Waals surface area (Å²) in [6.45, 7) is 0.609. The van der Waals surface area contributed by atoms with Crippen LogP contribution in [0.25, 0.3) is 5.69 Å². The number of hydrogen-bond donors (Lipinski definition) is 1. The monoisotopic (exact) mass is 288 g/mol. The average Bonchev–Trinajstić information content (AvgIpc) is 3.08. The van der Waals surface area contributed by atoms with Crippen molar-refractivity contribution in [3.63, 3.8) is 0 Å². The van der Waals surface area contributed by atoms with E-state index in [0.29, 0.717) is 11.6 Å². The maximum Gasteiger partial charge on any atom is 0.0877 e. The summed E-state index contributed by atoms with van der Waals surface area (Å²) in [5.74, 6) is 0. The van der Waals surface area contributed by atoms with E-state index in [0.717, 1.165) is 17.1 Å². The highest BCUT2D eigenvalue weighted by molar-refractivity contribution is 6.31. The molecular formula is C13H13ClN6. The first-order chi connectivity index (χ1) is 9.74. The number of halogens is 1. The maximum atomic E-state index is 6.07. The summed E-state index contributed by atoms with van der Waals surface area (Å²) in [6, 6.07) is 7.53. The van der Waals surface area contributed by atoms with Gasteiger partial charge in [0.2, 0.25) is 0 Å². The molecule has 20 heavy (non-hydrogen) atoms. The van der Waals surface area contributed by atoms with E-state index >= 15 is 0 Å². The zero-order chi connectivity index (χ0) is 13.9. The van der Waals surface area contributed by atoms with Crippen LogP contribution in [0.2, 0.25) is 5.02 Å². The number of rotatable bonds is 4. The predicted octanol–water partition coefficient (Wildman–Crippen LogP) is 2.27. The lowest BCUT2D eigenvalue weighted by atomic mass is 10.2. The molecule has 0 fully saturated rings. The Balaban J connectivity index is 1.88. The Bertz CT molecular complexity index is 703. The molecule has 0 amide bonds. The fraction of sp³-hybridized carbons (Fsp3) is 0.154. The molecular weight excluding hydrogens is 276 g/mol. The second-order valence-corrected chi connectivity index (χ2v) is 4.75. The number of nitrogens with one attached hydrogen (secondary N) is 1. The van der Waals surface area contributed by atoms with Crippen LogP contribution in [0.3, 0.4) is 0 Å². The summed E-state index contributed by atoms with van der Waals surface area (Å²) in [4.78, 5) is 0. The second kappa shape index (κ2) is 5.34. The highest BCUT2D eigenvalue weighted by atomic mass is 35.5. The zero-order valence-electron chi connectivity index (χ0n) is 10.9. The second-order valence-electron chi connectivity index (χ2n) is 4.31. The molecule has 0 bridgehead atoms. The molecule has 0 atom stereocenters. The third-order valence-electron chi connectivity index (χ3n) is 2.98. The largest absolute Gasteiger partial charge is 0.378 e. The van der Waals surface area contributed by atoms with Crippen molar-refractivity contribution >= 4 is 17.3 Å². The molecule has 1 N–H and O–H groups in total. The molecule has 102 valence electrons. The molecule has 3 aromatic rings. The lowest BCUT2D eigenvalue weighted by Crippen LogP contribution is -2.08. The first-order valence-corrected chi connectivity index (χ1v) is 6.49. The van der Waals surface area contributed by atoms with Crippen LogP contribution in [0.1, 0.15) is 5.69 Å². The van der Waals surface area contributed by atoms with Crippen LogP contribution in [0.5, 0.6) is 0 Å². The van der Waals surface area contributed by atoms with Crippen LogP contribution < -0.4 is 5.32 Å². The quantitative estimate of drug-likeness (QED) is 0.800. The van der Waals surface area contributed by atoms with Crippen LogP contribution in [0.15, 0.2) is 42.9 Å². The summed E-state index contributed by atoms with van der Waals surface area (Å²) in [6.07, 6.45) is 5.36. The van der Waals surface area contributed by atoms with Crippen LogP contribution >= 0.6 is 11.6 Å². The van der Waals surface area contributed by atoms with Gasteiger partial charge in [-0.3, -0.25) is 4.68 Å². The lowest BCUT2D eigenvalue weighted by Gasteiger charge is -2.12. The van der Waals surface area contributed by atoms with Gasteiger partial charge >= 0.3 is 0 Å². The summed E-state index contributed by atoms with van der Waals surface area (Å²) in [5, 5.41) is 16.0. The first kappa shape index (κ1) is 12.7. The van der Waals surface area contributed by atoms with Gasteiger partial charge in [0.25, 0.3) is 0 Å². The molecule has 1 aromatic carbocycles. The average molecular weight is 289 g/mol. The number of benzene rings is 1. The van der Waals surface area contributed by atoms with Crippen molar-refractivity contribution in [3.05, 3.63) is 53.6 Å². The molecule has 6 nitrogen and oxygen atoms in total. The van der Waals surface area contributed by atoms with Gasteiger partial charge < -0.3 is 5.32 Å². The normalized spacial score (nSPS) is 10.7. The Morgan fingerprint density at radius 1 is 1.35 bits per heavy atom. The van der Waals surface area contributed by atoms with Crippen molar-refractivity contribution in [1.82, 2.24) is 24.8 Å². The lowest BCUT2D eigenvalue weighted by molar-refractivity contribution is 0.683. The molecule has 2 heterocycles. The van der Waals surface area contributed by atoms with E-state index in [4.69, 9.17) is 11.6 Å². The number of aryl methyl sites for hydroxylation is 1. The number of hydrogen-bond acceptors (Lipinski definition) is 4. The minimum absolute atomic E-state index is 0.609. The topological polar surface area (TPSA) is 60.6 Å². The Morgan fingerprint density at radius 3 is 2.95 bits per heavy atom. The van der Waals surface area contributed by atoms with Crippen LogP contribution in [-0.2, 0) is 13.6 Å². The summed E-state index contributed by atoms with van der Waals surface area (Å²) >= 11 is 6.07. The van der Waals surface area contributed by atoms with E-state index < -0.39 is 0 Å². The SMILES string of the molecule is Cn1nncc1CNc1cc(Cl)ccc1-n1cccn1. The van der Waals surface area contributed by atoms with Crippen molar-refractivity contribution in [3.8, 4) is 5.69 Å². The molecule has 0 aliphatic rings. The van der Waals surface area contributed by atoms with Crippen molar-refractivity contribution in [2.45, 2.75) is 6.54 Å². The third-order valence-corrected chi connectivity index (χ3v) is 3.21. The van der Waals surface area contributed by atoms with Gasteiger partial charge in [-0.1, -0.05) is 16.8 Å². The molecule has 0 aliphatic carbocycles. The van der Waals surface area contributed by atoms with Gasteiger partial charge in [-0.05, 0) is 24.3 Å². The van der Waals surface area contributed by atoms with E-state index in [9.17, 15) is 0 Å². The van der Waals surface area contributed by atoms with E-state index in [1.807, 2.05) is 37.5 Å². The van der Waals surface area contributed by atoms with E-state index in [2.05, 4.69) is 20.7 Å². The van der Waals surface area contributed by atoms with Gasteiger partial charge in [0.15, 0.2) is 0 Å². The molecule has 0 saturated heterocycles. The first-order valence-electron chi connectivity index (χ1n) is 6.11. The van der Waals surface area contributed by atoms with Crippen LogP contribution in [0, 0.1) is 0 Å². The van der Waals surface area contributed by atoms with Gasteiger partial charge in [-0.2, -0.15) is 5.10 Å². The fourth-order valence-corrected chi connectivity index (χ4v) is 2.09. The molecule has 0 spiro atoms.